The van der Waals surface area contributed by atoms with Crippen molar-refractivity contribution in [3.05, 3.63) is 11.8 Å². The first-order valence-corrected chi connectivity index (χ1v) is 4.98. The number of aliphatic hydroxyl groups is 1. The fraction of sp³-hybridized carbons (Fsp3) is 0.556. The lowest BCUT2D eigenvalue weighted by Crippen LogP contribution is -2.43. The van der Waals surface area contributed by atoms with E-state index in [1.807, 2.05) is 0 Å². The molecule has 0 aromatic carbocycles. The minimum atomic E-state index is -4.54. The van der Waals surface area contributed by atoms with E-state index in [1.54, 1.807) is 6.92 Å². The number of amides is 2. The third kappa shape index (κ3) is 4.62. The van der Waals surface area contributed by atoms with Crippen molar-refractivity contribution < 1.29 is 27.6 Å². The molecule has 0 spiro atoms. The highest BCUT2D eigenvalue weighted by molar-refractivity contribution is 5.88. The second kappa shape index (κ2) is 5.71. The first-order chi connectivity index (χ1) is 8.31. The van der Waals surface area contributed by atoms with Gasteiger partial charge in [0.15, 0.2) is 5.82 Å². The number of nitrogens with one attached hydrogen (secondary N) is 1. The first kappa shape index (κ1) is 14.3. The third-order valence-electron chi connectivity index (χ3n) is 1.89. The quantitative estimate of drug-likeness (QED) is 0.863. The van der Waals surface area contributed by atoms with Gasteiger partial charge in [-0.3, -0.25) is 5.32 Å². The van der Waals surface area contributed by atoms with Crippen molar-refractivity contribution in [1.82, 2.24) is 10.1 Å². The molecule has 9 heteroatoms. The van der Waals surface area contributed by atoms with Gasteiger partial charge in [-0.05, 0) is 6.92 Å². The molecule has 0 saturated heterocycles. The van der Waals surface area contributed by atoms with Crippen molar-refractivity contribution in [1.29, 1.82) is 0 Å². The molecular formula is C9H12F3N3O3. The van der Waals surface area contributed by atoms with Crippen molar-refractivity contribution >= 4 is 11.8 Å². The van der Waals surface area contributed by atoms with Gasteiger partial charge in [0.05, 0.1) is 6.61 Å². The Morgan fingerprint density at radius 1 is 1.61 bits per heavy atom. The Balaban J connectivity index is 2.64. The maximum Gasteiger partial charge on any atom is 0.406 e. The number of anilines is 1. The molecule has 2 N–H and O–H groups in total. The topological polar surface area (TPSA) is 78.6 Å². The highest BCUT2D eigenvalue weighted by atomic mass is 19.4. The monoisotopic (exact) mass is 267 g/mol. The van der Waals surface area contributed by atoms with Gasteiger partial charge in [0.2, 0.25) is 0 Å². The smallest absolute Gasteiger partial charge is 0.395 e. The molecule has 102 valence electrons. The Morgan fingerprint density at radius 2 is 2.28 bits per heavy atom. The molecule has 0 saturated carbocycles. The minimum Gasteiger partial charge on any atom is -0.395 e. The number of alkyl halides is 3. The van der Waals surface area contributed by atoms with Crippen LogP contribution >= 0.6 is 0 Å². The van der Waals surface area contributed by atoms with E-state index in [4.69, 9.17) is 5.11 Å². The lowest BCUT2D eigenvalue weighted by atomic mass is 10.4. The Labute approximate surface area is 100 Å². The summed E-state index contributed by atoms with van der Waals surface area (Å²) >= 11 is 0. The summed E-state index contributed by atoms with van der Waals surface area (Å²) in [4.78, 5) is 11.9. The van der Waals surface area contributed by atoms with Crippen LogP contribution < -0.4 is 5.32 Å². The van der Waals surface area contributed by atoms with Crippen molar-refractivity contribution in [3.8, 4) is 0 Å². The van der Waals surface area contributed by atoms with Gasteiger partial charge in [-0.2, -0.15) is 13.2 Å². The minimum absolute atomic E-state index is 0.0163. The summed E-state index contributed by atoms with van der Waals surface area (Å²) in [6.07, 6.45) is -4.54. The number of aliphatic hydroxyl groups excluding tert-OH is 1. The second-order valence-electron chi connectivity index (χ2n) is 3.51. The number of carbonyl (C=O) groups is 1. The lowest BCUT2D eigenvalue weighted by Gasteiger charge is -2.22. The zero-order valence-corrected chi connectivity index (χ0v) is 9.49. The van der Waals surface area contributed by atoms with Gasteiger partial charge in [0.1, 0.15) is 12.3 Å². The zero-order chi connectivity index (χ0) is 13.8. The van der Waals surface area contributed by atoms with Gasteiger partial charge in [-0.15, -0.1) is 0 Å². The molecule has 0 aliphatic carbocycles. The predicted octanol–water partition coefficient (Wildman–Crippen LogP) is 1.37. The van der Waals surface area contributed by atoms with Crippen molar-refractivity contribution in [2.75, 3.05) is 25.0 Å². The highest BCUT2D eigenvalue weighted by Gasteiger charge is 2.33. The molecule has 0 bridgehead atoms. The van der Waals surface area contributed by atoms with Gasteiger partial charge in [0.25, 0.3) is 0 Å². The van der Waals surface area contributed by atoms with E-state index in [2.05, 4.69) is 15.0 Å². The molecule has 18 heavy (non-hydrogen) atoms. The largest absolute Gasteiger partial charge is 0.406 e. The maximum atomic E-state index is 12.2. The standard InChI is InChI=1S/C9H12F3N3O3/c1-6-4-7(14-18-6)13-8(17)15(2-3-16)5-9(10,11)12/h4,16H,2-3,5H2,1H3,(H,13,14,17). The van der Waals surface area contributed by atoms with E-state index in [0.717, 1.165) is 0 Å². The van der Waals surface area contributed by atoms with Crippen molar-refractivity contribution in [3.63, 3.8) is 0 Å². The van der Waals surface area contributed by atoms with Crippen LogP contribution in [-0.2, 0) is 0 Å². The molecular weight excluding hydrogens is 255 g/mol. The van der Waals surface area contributed by atoms with Gasteiger partial charge < -0.3 is 14.5 Å². The van der Waals surface area contributed by atoms with E-state index in [1.165, 1.54) is 6.07 Å². The zero-order valence-electron chi connectivity index (χ0n) is 9.49. The van der Waals surface area contributed by atoms with Gasteiger partial charge in [-0.25, -0.2) is 4.79 Å². The molecule has 0 aliphatic rings. The molecule has 1 heterocycles. The summed E-state index contributed by atoms with van der Waals surface area (Å²) in [7, 11) is 0. The summed E-state index contributed by atoms with van der Waals surface area (Å²) in [6.45, 7) is -0.871. The Morgan fingerprint density at radius 3 is 2.72 bits per heavy atom. The number of hydrogen-bond acceptors (Lipinski definition) is 4. The summed E-state index contributed by atoms with van der Waals surface area (Å²) in [5.41, 5.74) is 0. The van der Waals surface area contributed by atoms with Crippen LogP contribution in [0, 0.1) is 6.92 Å². The Hall–Kier alpha value is -1.77. The molecule has 0 aliphatic heterocycles. The summed E-state index contributed by atoms with van der Waals surface area (Å²) in [6, 6.07) is 0.359. The van der Waals surface area contributed by atoms with Crippen LogP contribution in [0.5, 0.6) is 0 Å². The van der Waals surface area contributed by atoms with E-state index in [-0.39, 0.29) is 5.82 Å². The molecule has 1 aromatic rings. The number of hydrogen-bond donors (Lipinski definition) is 2. The Bertz CT molecular complexity index is 405. The molecule has 6 nitrogen and oxygen atoms in total. The fourth-order valence-electron chi connectivity index (χ4n) is 1.20. The van der Waals surface area contributed by atoms with Crippen LogP contribution in [0.2, 0.25) is 0 Å². The maximum absolute atomic E-state index is 12.2. The number of urea groups is 1. The molecule has 0 radical (unpaired) electrons. The van der Waals surface area contributed by atoms with E-state index in [9.17, 15) is 18.0 Å². The third-order valence-corrected chi connectivity index (χ3v) is 1.89. The number of aryl methyl sites for hydroxylation is 1. The van der Waals surface area contributed by atoms with E-state index >= 15 is 0 Å². The number of halogens is 3. The van der Waals surface area contributed by atoms with Crippen LogP contribution in [-0.4, -0.2) is 47.1 Å². The first-order valence-electron chi connectivity index (χ1n) is 4.98. The second-order valence-corrected chi connectivity index (χ2v) is 3.51. The molecule has 1 aromatic heterocycles. The highest BCUT2D eigenvalue weighted by Crippen LogP contribution is 2.17. The van der Waals surface area contributed by atoms with Gasteiger partial charge in [-0.1, -0.05) is 5.16 Å². The summed E-state index contributed by atoms with van der Waals surface area (Å²) in [5.74, 6) is 0.428. The number of rotatable bonds is 4. The SMILES string of the molecule is Cc1cc(NC(=O)N(CCO)CC(F)(F)F)no1. The van der Waals surface area contributed by atoms with Crippen LogP contribution in [0.3, 0.4) is 0 Å². The average Bonchev–Trinajstić information content (AvgIpc) is 2.61. The van der Waals surface area contributed by atoms with Crippen molar-refractivity contribution in [2.24, 2.45) is 0 Å². The van der Waals surface area contributed by atoms with Crippen LogP contribution in [0.1, 0.15) is 5.76 Å². The van der Waals surface area contributed by atoms with Crippen LogP contribution in [0.25, 0.3) is 0 Å². The molecule has 1 rings (SSSR count). The molecule has 0 unspecified atom stereocenters. The van der Waals surface area contributed by atoms with Crippen LogP contribution in [0.4, 0.5) is 23.8 Å². The lowest BCUT2D eigenvalue weighted by molar-refractivity contribution is -0.140. The predicted molar refractivity (Wildman–Crippen MR) is 55.0 cm³/mol. The number of nitrogens with zero attached hydrogens (tertiary/aromatic N) is 2. The molecule has 0 atom stereocenters. The Kier molecular flexibility index (Phi) is 4.54. The number of carbonyl (C=O) groups excluding carboxylic acids is 1. The van der Waals surface area contributed by atoms with Crippen molar-refractivity contribution in [2.45, 2.75) is 13.1 Å². The summed E-state index contributed by atoms with van der Waals surface area (Å²) < 4.78 is 41.2. The summed E-state index contributed by atoms with van der Waals surface area (Å²) in [5, 5.41) is 14.2. The van der Waals surface area contributed by atoms with E-state index < -0.39 is 31.9 Å². The van der Waals surface area contributed by atoms with Gasteiger partial charge >= 0.3 is 12.2 Å². The normalized spacial score (nSPS) is 11.4. The van der Waals surface area contributed by atoms with Crippen LogP contribution in [0.15, 0.2) is 10.6 Å². The van der Waals surface area contributed by atoms with Gasteiger partial charge in [0, 0.05) is 12.6 Å². The fourth-order valence-corrected chi connectivity index (χ4v) is 1.20. The molecule has 2 amide bonds. The van der Waals surface area contributed by atoms with E-state index in [0.29, 0.717) is 10.7 Å². The molecule has 0 fully saturated rings. The average molecular weight is 267 g/mol. The number of aromatic nitrogens is 1.